The number of thiophene rings is 1. The molecule has 0 saturated carbocycles. The smallest absolute Gasteiger partial charge is 0.271 e. The van der Waals surface area contributed by atoms with E-state index in [1.807, 2.05) is 4.57 Å². The van der Waals surface area contributed by atoms with Crippen molar-refractivity contribution in [3.05, 3.63) is 74.9 Å². The molecule has 0 N–H and O–H groups in total. The van der Waals surface area contributed by atoms with Crippen LogP contribution in [-0.4, -0.2) is 34.1 Å². The number of piperidine rings is 1. The maximum atomic E-state index is 13.6. The third-order valence-corrected chi connectivity index (χ3v) is 8.14. The van der Waals surface area contributed by atoms with Crippen LogP contribution in [0.2, 0.25) is 0 Å². The van der Waals surface area contributed by atoms with Crippen LogP contribution in [0.15, 0.2) is 53.3 Å². The summed E-state index contributed by atoms with van der Waals surface area (Å²) in [5.41, 5.74) is 6.74. The number of likely N-dealkylation sites (tertiary alicyclic amines) is 1. The second kappa shape index (κ2) is 9.24. The zero-order valence-electron chi connectivity index (χ0n) is 19.7. The van der Waals surface area contributed by atoms with Crippen molar-refractivity contribution in [3.63, 3.8) is 0 Å². The second-order valence-corrected chi connectivity index (χ2v) is 10.4. The van der Waals surface area contributed by atoms with E-state index in [-0.39, 0.29) is 5.56 Å². The van der Waals surface area contributed by atoms with E-state index in [0.29, 0.717) is 6.54 Å². The molecule has 2 aromatic heterocycles. The maximum Gasteiger partial charge on any atom is 0.271 e. The quantitative estimate of drug-likeness (QED) is 0.358. The molecule has 0 amide bonds. The molecule has 2 aromatic carbocycles. The van der Waals surface area contributed by atoms with E-state index >= 15 is 0 Å². The van der Waals surface area contributed by atoms with E-state index in [9.17, 15) is 4.79 Å². The monoisotopic (exact) mass is 457 g/mol. The summed E-state index contributed by atoms with van der Waals surface area (Å²) in [6, 6.07) is 17.0. The minimum absolute atomic E-state index is 0.0937. The summed E-state index contributed by atoms with van der Waals surface area (Å²) in [6.45, 7) is 10.1. The van der Waals surface area contributed by atoms with Crippen molar-refractivity contribution < 1.29 is 0 Å². The molecule has 4 aromatic rings. The van der Waals surface area contributed by atoms with Crippen LogP contribution in [0, 0.1) is 20.8 Å². The summed E-state index contributed by atoms with van der Waals surface area (Å²) in [5, 5.41) is 0. The van der Waals surface area contributed by atoms with Crippen molar-refractivity contribution in [3.8, 4) is 22.5 Å². The average Bonchev–Trinajstić information content (AvgIpc) is 3.13. The molecule has 1 saturated heterocycles. The van der Waals surface area contributed by atoms with Crippen molar-refractivity contribution in [2.24, 2.45) is 0 Å². The lowest BCUT2D eigenvalue weighted by Crippen LogP contribution is -2.35. The Morgan fingerprint density at radius 3 is 2.30 bits per heavy atom. The Kier molecular flexibility index (Phi) is 6.17. The van der Waals surface area contributed by atoms with E-state index in [0.717, 1.165) is 46.8 Å². The maximum absolute atomic E-state index is 13.6. The van der Waals surface area contributed by atoms with Gasteiger partial charge in [0.05, 0.1) is 5.52 Å². The largest absolute Gasteiger partial charge is 0.302 e. The Morgan fingerprint density at radius 1 is 0.879 bits per heavy atom. The summed E-state index contributed by atoms with van der Waals surface area (Å²) >= 11 is 1.58. The van der Waals surface area contributed by atoms with Crippen LogP contribution in [0.3, 0.4) is 0 Å². The molecular formula is C28H31N3OS. The fourth-order valence-corrected chi connectivity index (χ4v) is 5.88. The normalized spacial score (nSPS) is 14.8. The van der Waals surface area contributed by atoms with Crippen molar-refractivity contribution in [1.29, 1.82) is 0 Å². The standard InChI is InChI=1S/C28H31N3OS/c1-19-9-5-6-10-24(19)22-11-13-23(14-12-22)27-29-25-20(2)21(3)33-26(25)28(32)31(27)18-17-30-15-7-4-8-16-30/h5-6,9-14H,4,7-8,15-18H2,1-3H3. The Hall–Kier alpha value is -2.76. The molecule has 1 aliphatic rings. The number of benzene rings is 2. The van der Waals surface area contributed by atoms with Crippen LogP contribution in [0.5, 0.6) is 0 Å². The fraction of sp³-hybridized carbons (Fsp3) is 0.357. The highest BCUT2D eigenvalue weighted by Crippen LogP contribution is 2.30. The fourth-order valence-electron chi connectivity index (χ4n) is 4.83. The number of hydrogen-bond donors (Lipinski definition) is 0. The van der Waals surface area contributed by atoms with Crippen LogP contribution in [0.25, 0.3) is 32.7 Å². The number of hydrogen-bond acceptors (Lipinski definition) is 4. The zero-order valence-corrected chi connectivity index (χ0v) is 20.5. The number of nitrogens with zero attached hydrogens (tertiary/aromatic N) is 3. The van der Waals surface area contributed by atoms with Gasteiger partial charge in [0.2, 0.25) is 0 Å². The van der Waals surface area contributed by atoms with Gasteiger partial charge in [0.25, 0.3) is 5.56 Å². The van der Waals surface area contributed by atoms with Gasteiger partial charge in [-0.1, -0.05) is 55.0 Å². The van der Waals surface area contributed by atoms with Crippen molar-refractivity contribution >= 4 is 21.6 Å². The van der Waals surface area contributed by atoms with E-state index < -0.39 is 0 Å². The van der Waals surface area contributed by atoms with E-state index in [1.165, 1.54) is 40.8 Å². The molecule has 0 bridgehead atoms. The van der Waals surface area contributed by atoms with Crippen LogP contribution < -0.4 is 5.56 Å². The van der Waals surface area contributed by atoms with E-state index in [2.05, 4.69) is 74.2 Å². The predicted octanol–water partition coefficient (Wildman–Crippen LogP) is 6.20. The summed E-state index contributed by atoms with van der Waals surface area (Å²) in [7, 11) is 0. The molecule has 170 valence electrons. The Labute approximate surface area is 199 Å². The highest BCUT2D eigenvalue weighted by atomic mass is 32.1. The molecule has 0 atom stereocenters. The molecule has 1 fully saturated rings. The first-order valence-corrected chi connectivity index (χ1v) is 12.7. The van der Waals surface area contributed by atoms with Gasteiger partial charge < -0.3 is 4.90 Å². The molecule has 0 spiro atoms. The van der Waals surface area contributed by atoms with Gasteiger partial charge in [0.1, 0.15) is 10.5 Å². The highest BCUT2D eigenvalue weighted by Gasteiger charge is 2.19. The molecule has 0 aliphatic carbocycles. The first kappa shape index (κ1) is 22.1. The Bertz CT molecular complexity index is 1340. The zero-order chi connectivity index (χ0) is 22.9. The van der Waals surface area contributed by atoms with Crippen molar-refractivity contribution in [1.82, 2.24) is 14.5 Å². The number of aryl methyl sites for hydroxylation is 3. The first-order chi connectivity index (χ1) is 16.0. The van der Waals surface area contributed by atoms with Crippen LogP contribution in [0.1, 0.15) is 35.3 Å². The summed E-state index contributed by atoms with van der Waals surface area (Å²) in [4.78, 5) is 22.3. The molecular weight excluding hydrogens is 426 g/mol. The first-order valence-electron chi connectivity index (χ1n) is 11.9. The van der Waals surface area contributed by atoms with E-state index in [1.54, 1.807) is 11.3 Å². The molecule has 5 rings (SSSR count). The Morgan fingerprint density at radius 2 is 1.58 bits per heavy atom. The minimum atomic E-state index is 0.0937. The van der Waals surface area contributed by atoms with E-state index in [4.69, 9.17) is 4.98 Å². The SMILES string of the molecule is Cc1ccccc1-c1ccc(-c2nc3c(C)c(C)sc3c(=O)n2CCN2CCCCC2)cc1. The average molecular weight is 458 g/mol. The lowest BCUT2D eigenvalue weighted by molar-refractivity contribution is 0.220. The number of rotatable bonds is 5. The minimum Gasteiger partial charge on any atom is -0.302 e. The van der Waals surface area contributed by atoms with Gasteiger partial charge in [-0.05, 0) is 69.0 Å². The molecule has 1 aliphatic heterocycles. The van der Waals surface area contributed by atoms with Gasteiger partial charge >= 0.3 is 0 Å². The molecule has 3 heterocycles. The number of fused-ring (bicyclic) bond motifs is 1. The van der Waals surface area contributed by atoms with Gasteiger partial charge in [-0.25, -0.2) is 4.98 Å². The molecule has 33 heavy (non-hydrogen) atoms. The number of aromatic nitrogens is 2. The summed E-state index contributed by atoms with van der Waals surface area (Å²) < 4.78 is 2.69. The Balaban J connectivity index is 1.57. The van der Waals surface area contributed by atoms with Gasteiger partial charge in [-0.3, -0.25) is 9.36 Å². The predicted molar refractivity (Wildman–Crippen MR) is 139 cm³/mol. The van der Waals surface area contributed by atoms with Gasteiger partial charge in [-0.2, -0.15) is 0 Å². The topological polar surface area (TPSA) is 38.1 Å². The van der Waals surface area contributed by atoms with Gasteiger partial charge in [-0.15, -0.1) is 11.3 Å². The summed E-state index contributed by atoms with van der Waals surface area (Å²) in [5.74, 6) is 0.779. The molecule has 4 nitrogen and oxygen atoms in total. The van der Waals surface area contributed by atoms with Crippen LogP contribution in [0.4, 0.5) is 0 Å². The van der Waals surface area contributed by atoms with Crippen molar-refractivity contribution in [2.75, 3.05) is 19.6 Å². The molecule has 5 heteroatoms. The molecule has 0 unspecified atom stereocenters. The lowest BCUT2D eigenvalue weighted by Gasteiger charge is -2.27. The van der Waals surface area contributed by atoms with Crippen LogP contribution >= 0.6 is 11.3 Å². The van der Waals surface area contributed by atoms with Crippen molar-refractivity contribution in [2.45, 2.75) is 46.6 Å². The summed E-state index contributed by atoms with van der Waals surface area (Å²) in [6.07, 6.45) is 3.82. The molecule has 0 radical (unpaired) electrons. The van der Waals surface area contributed by atoms with Gasteiger partial charge in [0.15, 0.2) is 0 Å². The van der Waals surface area contributed by atoms with Gasteiger partial charge in [0, 0.05) is 23.5 Å². The second-order valence-electron chi connectivity index (χ2n) is 9.15. The third kappa shape index (κ3) is 4.28. The lowest BCUT2D eigenvalue weighted by atomic mass is 9.99. The van der Waals surface area contributed by atoms with Crippen LogP contribution in [-0.2, 0) is 6.54 Å². The third-order valence-electron chi connectivity index (χ3n) is 6.95. The highest BCUT2D eigenvalue weighted by molar-refractivity contribution is 7.19.